The molecule has 0 heterocycles. The first-order valence-corrected chi connectivity index (χ1v) is 6.28. The Morgan fingerprint density at radius 1 is 1.14 bits per heavy atom. The molecule has 0 aliphatic heterocycles. The zero-order valence-electron chi connectivity index (χ0n) is 7.93. The van der Waals surface area contributed by atoms with E-state index in [1.807, 2.05) is 0 Å². The molecule has 0 saturated heterocycles. The van der Waals surface area contributed by atoms with E-state index in [0.717, 1.165) is 6.42 Å². The normalized spacial score (nSPS) is 12.4. The zero-order chi connectivity index (χ0) is 10.4. The van der Waals surface area contributed by atoms with Gasteiger partial charge in [-0.3, -0.25) is 0 Å². The molecule has 0 bridgehead atoms. The minimum absolute atomic E-state index is 1.13. The first-order chi connectivity index (χ1) is 6.81. The van der Waals surface area contributed by atoms with Gasteiger partial charge in [0.2, 0.25) is 0 Å². The van der Waals surface area contributed by atoms with Crippen molar-refractivity contribution in [3.8, 4) is 0 Å². The molecule has 0 nitrogen and oxygen atoms in total. The van der Waals surface area contributed by atoms with Gasteiger partial charge in [-0.15, -0.1) is 0 Å². The van der Waals surface area contributed by atoms with Crippen LogP contribution in [-0.4, -0.2) is 0 Å². The maximum atomic E-state index is 9.80. The van der Waals surface area contributed by atoms with E-state index in [1.165, 1.54) is 16.7 Å². The number of hydrogen-bond acceptors (Lipinski definition) is 0. The first kappa shape index (κ1) is 11.8. The summed E-state index contributed by atoms with van der Waals surface area (Å²) in [5.41, 5.74) is 4.17. The molecule has 0 amide bonds. The Morgan fingerprint density at radius 3 is 2.21 bits per heavy atom. The summed E-state index contributed by atoms with van der Waals surface area (Å²) in [7, 11) is 0. The molecule has 0 fully saturated rings. The van der Waals surface area contributed by atoms with Crippen molar-refractivity contribution in [1.29, 1.82) is 0 Å². The van der Waals surface area contributed by atoms with Crippen molar-refractivity contribution in [3.05, 3.63) is 47.4 Å². The fourth-order valence-corrected chi connectivity index (χ4v) is 1.42. The fourth-order valence-electron chi connectivity index (χ4n) is 1.42. The Kier molecular flexibility index (Phi) is 5.25. The molecule has 1 aliphatic rings. The molecule has 1 aliphatic carbocycles. The van der Waals surface area contributed by atoms with Crippen LogP contribution in [0.4, 0.5) is 5.25 Å². The maximum absolute atomic E-state index is 9.80. The Bertz CT molecular complexity index is 321. The third-order valence-electron chi connectivity index (χ3n) is 2.09. The van der Waals surface area contributed by atoms with Crippen LogP contribution in [0.3, 0.4) is 0 Å². The molecule has 2 rings (SSSR count). The molecule has 3 heteroatoms. The van der Waals surface area contributed by atoms with E-state index in [0.29, 0.717) is 0 Å². The molecule has 0 N–H and O–H groups in total. The van der Waals surface area contributed by atoms with E-state index in [4.69, 9.17) is 0 Å². The van der Waals surface area contributed by atoms with E-state index in [2.05, 4.69) is 43.7 Å². The molecule has 0 atom stereocenters. The summed E-state index contributed by atoms with van der Waals surface area (Å²) < 4.78 is 19.6. The summed E-state index contributed by atoms with van der Waals surface area (Å²) in [6, 6.07) is 8.49. The molecule has 14 heavy (non-hydrogen) atoms. The van der Waals surface area contributed by atoms with E-state index in [1.54, 1.807) is 0 Å². The molecule has 0 aromatic heterocycles. The van der Waals surface area contributed by atoms with E-state index < -0.39 is 24.5 Å². The average Bonchev–Trinajstić information content (AvgIpc) is 2.61. The summed E-state index contributed by atoms with van der Waals surface area (Å²) in [6.07, 6.45) is 5.65. The number of allylic oxidation sites excluding steroid dienone is 1. The van der Waals surface area contributed by atoms with Gasteiger partial charge < -0.3 is 0 Å². The van der Waals surface area contributed by atoms with Gasteiger partial charge in [0.1, 0.15) is 0 Å². The number of benzene rings is 1. The Labute approximate surface area is 96.4 Å². The summed E-state index contributed by atoms with van der Waals surface area (Å²) in [5, 5.41) is 0. The quantitative estimate of drug-likeness (QED) is 0.728. The van der Waals surface area contributed by atoms with Crippen LogP contribution in [0.2, 0.25) is 0 Å². The van der Waals surface area contributed by atoms with Crippen molar-refractivity contribution in [2.24, 2.45) is 0 Å². The fraction of sp³-hybridized carbons (Fsp3) is 0.182. The van der Waals surface area contributed by atoms with Crippen LogP contribution in [0.15, 0.2) is 29.8 Å². The zero-order valence-corrected chi connectivity index (χ0v) is 10.4. The minimum atomic E-state index is -2.77. The first-order valence-electron chi connectivity index (χ1n) is 4.42. The molecule has 0 saturated carbocycles. The van der Waals surface area contributed by atoms with Crippen molar-refractivity contribution in [1.82, 2.24) is 0 Å². The summed E-state index contributed by atoms with van der Waals surface area (Å²) in [6.45, 7) is 2.19. The number of halogens is 2. The second-order valence-corrected chi connectivity index (χ2v) is 3.27. The van der Waals surface area contributed by atoms with Gasteiger partial charge >= 0.3 is 29.7 Å². The van der Waals surface area contributed by atoms with Gasteiger partial charge in [0.15, 0.2) is 0 Å². The Balaban J connectivity index is 0.000000293. The van der Waals surface area contributed by atoms with Crippen molar-refractivity contribution < 1.29 is 29.7 Å². The third-order valence-corrected chi connectivity index (χ3v) is 2.09. The number of hydrogen-bond donors (Lipinski definition) is 0. The van der Waals surface area contributed by atoms with Gasteiger partial charge in [-0.2, -0.15) is 0 Å². The van der Waals surface area contributed by atoms with Gasteiger partial charge in [0.05, 0.1) is 0 Å². The Hall–Kier alpha value is -0.297. The predicted octanol–water partition coefficient (Wildman–Crippen LogP) is 3.88. The van der Waals surface area contributed by atoms with Crippen LogP contribution in [0, 0.1) is 6.42 Å². The SMILES string of the molecule is CCC1=Cc2ccccc2[CH]1.[F][Zr][F]. The Morgan fingerprint density at radius 2 is 1.71 bits per heavy atom. The van der Waals surface area contributed by atoms with E-state index in [9.17, 15) is 5.25 Å². The van der Waals surface area contributed by atoms with Gasteiger partial charge in [0, 0.05) is 6.42 Å². The van der Waals surface area contributed by atoms with Gasteiger partial charge in [0.25, 0.3) is 0 Å². The van der Waals surface area contributed by atoms with Crippen molar-refractivity contribution >= 4 is 6.08 Å². The summed E-state index contributed by atoms with van der Waals surface area (Å²) in [4.78, 5) is 0. The molecule has 0 spiro atoms. The van der Waals surface area contributed by atoms with Crippen LogP contribution in [0.1, 0.15) is 24.5 Å². The predicted molar refractivity (Wildman–Crippen MR) is 50.3 cm³/mol. The average molecular weight is 272 g/mol. The molecule has 0 unspecified atom stereocenters. The second-order valence-electron chi connectivity index (χ2n) is 2.92. The van der Waals surface area contributed by atoms with Gasteiger partial charge in [-0.25, -0.2) is 0 Å². The topological polar surface area (TPSA) is 0 Å². The number of fused-ring (bicyclic) bond motifs is 1. The van der Waals surface area contributed by atoms with E-state index in [-0.39, 0.29) is 0 Å². The van der Waals surface area contributed by atoms with Crippen LogP contribution < -0.4 is 0 Å². The molecule has 73 valence electrons. The summed E-state index contributed by atoms with van der Waals surface area (Å²) in [5.74, 6) is 0. The van der Waals surface area contributed by atoms with Crippen LogP contribution in [0.5, 0.6) is 0 Å². The van der Waals surface area contributed by atoms with Gasteiger partial charge in [-0.1, -0.05) is 42.8 Å². The number of rotatable bonds is 1. The molecule has 1 radical (unpaired) electrons. The monoisotopic (exact) mass is 271 g/mol. The standard InChI is InChI=1S/C11H11.2FH.Zr/c1-2-9-7-10-5-3-4-6-11(10)8-9;;;/h3-8H,2H2,1H3;2*1H;/q;;;+2/p-2. The van der Waals surface area contributed by atoms with Crippen LogP contribution in [0.25, 0.3) is 6.08 Å². The third kappa shape index (κ3) is 3.13. The van der Waals surface area contributed by atoms with E-state index >= 15 is 0 Å². The second kappa shape index (κ2) is 6.24. The van der Waals surface area contributed by atoms with Crippen molar-refractivity contribution in [2.75, 3.05) is 0 Å². The molecular weight excluding hydrogens is 261 g/mol. The molecule has 1 aromatic carbocycles. The van der Waals surface area contributed by atoms with Gasteiger partial charge in [-0.05, 0) is 17.5 Å². The molecular formula is C11H11F2Zr. The van der Waals surface area contributed by atoms with Crippen molar-refractivity contribution in [3.63, 3.8) is 0 Å². The summed E-state index contributed by atoms with van der Waals surface area (Å²) >= 11 is -2.77. The molecule has 1 aromatic rings. The van der Waals surface area contributed by atoms with Crippen molar-refractivity contribution in [2.45, 2.75) is 13.3 Å². The van der Waals surface area contributed by atoms with Crippen LogP contribution >= 0.6 is 0 Å². The van der Waals surface area contributed by atoms with Crippen LogP contribution in [-0.2, 0) is 24.5 Å².